The van der Waals surface area contributed by atoms with Crippen molar-refractivity contribution < 1.29 is 22.7 Å². The first kappa shape index (κ1) is 9.98. The summed E-state index contributed by atoms with van der Waals surface area (Å²) in [5.74, 6) is -3.79. The summed E-state index contributed by atoms with van der Waals surface area (Å²) in [5.41, 5.74) is -0.941. The van der Waals surface area contributed by atoms with Crippen LogP contribution in [0, 0.1) is 17.5 Å². The summed E-state index contributed by atoms with van der Waals surface area (Å²) >= 11 is 0. The predicted molar refractivity (Wildman–Crippen MR) is 37.3 cm³/mol. The molecular weight excluding hydrogens is 188 g/mol. The Morgan fingerprint density at radius 2 is 1.62 bits per heavy atom. The van der Waals surface area contributed by atoms with Gasteiger partial charge in [-0.3, -0.25) is 0 Å². The topological polar surface area (TPSA) is 20.2 Å². The minimum Gasteiger partial charge on any atom is -0.393 e. The van der Waals surface area contributed by atoms with Gasteiger partial charge in [0, 0.05) is 12.1 Å². The van der Waals surface area contributed by atoms with Crippen LogP contribution >= 0.6 is 0 Å². The van der Waals surface area contributed by atoms with Gasteiger partial charge in [0.1, 0.15) is 17.5 Å². The molecular formula is C8H6F4O. The van der Waals surface area contributed by atoms with Crippen molar-refractivity contribution in [1.82, 2.24) is 0 Å². The SMILES string of the molecule is OCC(F)c1c(F)cc(F)cc1F. The number of rotatable bonds is 2. The monoisotopic (exact) mass is 194 g/mol. The van der Waals surface area contributed by atoms with E-state index in [0.717, 1.165) is 0 Å². The molecule has 0 aliphatic heterocycles. The van der Waals surface area contributed by atoms with Crippen LogP contribution in [0.3, 0.4) is 0 Å². The van der Waals surface area contributed by atoms with Gasteiger partial charge < -0.3 is 5.11 Å². The fourth-order valence-corrected chi connectivity index (χ4v) is 0.944. The highest BCUT2D eigenvalue weighted by molar-refractivity contribution is 5.23. The highest BCUT2D eigenvalue weighted by atomic mass is 19.2. The number of alkyl halides is 1. The summed E-state index contributed by atoms with van der Waals surface area (Å²) in [7, 11) is 0. The van der Waals surface area contributed by atoms with Crippen molar-refractivity contribution in [3.8, 4) is 0 Å². The van der Waals surface area contributed by atoms with Crippen molar-refractivity contribution in [3.63, 3.8) is 0 Å². The first-order chi connectivity index (χ1) is 6.06. The highest BCUT2D eigenvalue weighted by Crippen LogP contribution is 2.24. The van der Waals surface area contributed by atoms with Crippen molar-refractivity contribution in [2.45, 2.75) is 6.17 Å². The lowest BCUT2D eigenvalue weighted by Crippen LogP contribution is -2.04. The van der Waals surface area contributed by atoms with E-state index in [1.807, 2.05) is 0 Å². The van der Waals surface area contributed by atoms with Crippen LogP contribution in [0.2, 0.25) is 0 Å². The number of hydrogen-bond donors (Lipinski definition) is 1. The minimum absolute atomic E-state index is 0.362. The number of aliphatic hydroxyl groups excluding tert-OH is 1. The summed E-state index contributed by atoms with van der Waals surface area (Å²) in [6, 6.07) is 0.724. The zero-order valence-electron chi connectivity index (χ0n) is 6.40. The van der Waals surface area contributed by atoms with Crippen LogP contribution in [0.1, 0.15) is 11.7 Å². The largest absolute Gasteiger partial charge is 0.393 e. The molecule has 1 unspecified atom stereocenters. The van der Waals surface area contributed by atoms with Gasteiger partial charge in [0.25, 0.3) is 0 Å². The van der Waals surface area contributed by atoms with Crippen molar-refractivity contribution in [3.05, 3.63) is 35.1 Å². The second-order valence-corrected chi connectivity index (χ2v) is 2.43. The second kappa shape index (κ2) is 3.74. The third-order valence-corrected chi connectivity index (χ3v) is 1.52. The summed E-state index contributed by atoms with van der Waals surface area (Å²) in [6.07, 6.45) is -2.17. The minimum atomic E-state index is -2.17. The van der Waals surface area contributed by atoms with Gasteiger partial charge in [-0.15, -0.1) is 0 Å². The third kappa shape index (κ3) is 1.98. The Morgan fingerprint density at radius 3 is 2.00 bits per heavy atom. The Kier molecular flexibility index (Phi) is 2.87. The summed E-state index contributed by atoms with van der Waals surface area (Å²) in [5, 5.41) is 8.30. The van der Waals surface area contributed by atoms with E-state index in [2.05, 4.69) is 0 Å². The van der Waals surface area contributed by atoms with Gasteiger partial charge in [-0.25, -0.2) is 17.6 Å². The van der Waals surface area contributed by atoms with Crippen molar-refractivity contribution in [1.29, 1.82) is 0 Å². The van der Waals surface area contributed by atoms with Gasteiger partial charge in [-0.1, -0.05) is 0 Å². The smallest absolute Gasteiger partial charge is 0.154 e. The van der Waals surface area contributed by atoms with Crippen LogP contribution in [-0.2, 0) is 0 Å². The molecule has 5 heteroatoms. The number of benzene rings is 1. The lowest BCUT2D eigenvalue weighted by Gasteiger charge is -2.07. The number of halogens is 4. The Bertz CT molecular complexity index is 290. The Hall–Kier alpha value is -1.10. The van der Waals surface area contributed by atoms with Crippen molar-refractivity contribution in [2.24, 2.45) is 0 Å². The summed E-state index contributed by atoms with van der Waals surface area (Å²) in [4.78, 5) is 0. The van der Waals surface area contributed by atoms with E-state index < -0.39 is 35.8 Å². The Balaban J connectivity index is 3.20. The zero-order chi connectivity index (χ0) is 10.0. The van der Waals surface area contributed by atoms with Gasteiger partial charge >= 0.3 is 0 Å². The molecule has 0 saturated carbocycles. The molecule has 0 fully saturated rings. The Labute approximate surface area is 71.6 Å². The maximum Gasteiger partial charge on any atom is 0.154 e. The van der Waals surface area contributed by atoms with E-state index in [1.54, 1.807) is 0 Å². The van der Waals surface area contributed by atoms with Crippen LogP contribution < -0.4 is 0 Å². The quantitative estimate of drug-likeness (QED) is 0.715. The van der Waals surface area contributed by atoms with Gasteiger partial charge in [-0.2, -0.15) is 0 Å². The number of hydrogen-bond acceptors (Lipinski definition) is 1. The standard InChI is InChI=1S/C8H6F4O/c9-4-1-5(10)8(6(11)2-4)7(12)3-13/h1-2,7,13H,3H2. The molecule has 1 nitrogen and oxygen atoms in total. The predicted octanol–water partition coefficient (Wildman–Crippen LogP) is 2.11. The first-order valence-corrected chi connectivity index (χ1v) is 3.45. The van der Waals surface area contributed by atoms with Crippen LogP contribution in [0.15, 0.2) is 12.1 Å². The molecule has 0 aromatic heterocycles. The molecule has 0 radical (unpaired) electrons. The molecule has 72 valence electrons. The summed E-state index contributed by atoms with van der Waals surface area (Å²) in [6.45, 7) is -1.04. The molecule has 0 bridgehead atoms. The van der Waals surface area contributed by atoms with E-state index in [-0.39, 0.29) is 0 Å². The molecule has 0 spiro atoms. The van der Waals surface area contributed by atoms with E-state index in [9.17, 15) is 17.6 Å². The molecule has 1 rings (SSSR count). The highest BCUT2D eigenvalue weighted by Gasteiger charge is 2.19. The van der Waals surface area contributed by atoms with Crippen LogP contribution in [0.4, 0.5) is 17.6 Å². The second-order valence-electron chi connectivity index (χ2n) is 2.43. The fourth-order valence-electron chi connectivity index (χ4n) is 0.944. The Morgan fingerprint density at radius 1 is 1.15 bits per heavy atom. The zero-order valence-corrected chi connectivity index (χ0v) is 6.40. The van der Waals surface area contributed by atoms with E-state index in [1.165, 1.54) is 0 Å². The molecule has 1 N–H and O–H groups in total. The lowest BCUT2D eigenvalue weighted by molar-refractivity contribution is 0.172. The van der Waals surface area contributed by atoms with Crippen molar-refractivity contribution >= 4 is 0 Å². The van der Waals surface area contributed by atoms with Crippen LogP contribution in [-0.4, -0.2) is 11.7 Å². The molecule has 13 heavy (non-hydrogen) atoms. The van der Waals surface area contributed by atoms with Crippen LogP contribution in [0.25, 0.3) is 0 Å². The normalized spacial score (nSPS) is 13.0. The van der Waals surface area contributed by atoms with Crippen molar-refractivity contribution in [2.75, 3.05) is 6.61 Å². The maximum atomic E-state index is 12.7. The fraction of sp³-hybridized carbons (Fsp3) is 0.250. The van der Waals surface area contributed by atoms with Gasteiger partial charge in [0.2, 0.25) is 0 Å². The molecule has 0 amide bonds. The van der Waals surface area contributed by atoms with Gasteiger partial charge in [0.05, 0.1) is 12.2 Å². The molecule has 1 aromatic rings. The molecule has 1 aromatic carbocycles. The average Bonchev–Trinajstić information content (AvgIpc) is 2.02. The maximum absolute atomic E-state index is 12.7. The van der Waals surface area contributed by atoms with Gasteiger partial charge in [-0.05, 0) is 0 Å². The number of aliphatic hydroxyl groups is 1. The third-order valence-electron chi connectivity index (χ3n) is 1.52. The van der Waals surface area contributed by atoms with E-state index in [0.29, 0.717) is 12.1 Å². The molecule has 0 saturated heterocycles. The van der Waals surface area contributed by atoms with Gasteiger partial charge in [0.15, 0.2) is 6.17 Å². The van der Waals surface area contributed by atoms with E-state index >= 15 is 0 Å². The lowest BCUT2D eigenvalue weighted by atomic mass is 10.1. The molecule has 0 aliphatic rings. The molecule has 0 heterocycles. The molecule has 0 aliphatic carbocycles. The first-order valence-electron chi connectivity index (χ1n) is 3.45. The van der Waals surface area contributed by atoms with E-state index in [4.69, 9.17) is 5.11 Å². The molecule has 1 atom stereocenters. The average molecular weight is 194 g/mol. The van der Waals surface area contributed by atoms with Crippen LogP contribution in [0.5, 0.6) is 0 Å². The summed E-state index contributed by atoms with van der Waals surface area (Å²) < 4.78 is 50.4.